The van der Waals surface area contributed by atoms with Crippen LogP contribution in [0, 0.1) is 0 Å². The third-order valence-electron chi connectivity index (χ3n) is 0.889. The molecule has 0 radical (unpaired) electrons. The maximum absolute atomic E-state index is 5.11. The molecule has 0 aliphatic rings. The lowest BCUT2D eigenvalue weighted by Gasteiger charge is -1.99. The van der Waals surface area contributed by atoms with E-state index in [-0.39, 0.29) is 0 Å². The highest BCUT2D eigenvalue weighted by molar-refractivity contribution is 4.29. The average molecular weight is 117 g/mol. The fraction of sp³-hybridized carbons (Fsp3) is 1.00. The Kier molecular flexibility index (Phi) is 6.85. The van der Waals surface area contributed by atoms with E-state index in [1.54, 1.807) is 0 Å². The van der Waals surface area contributed by atoms with Crippen LogP contribution < -0.4 is 5.32 Å². The highest BCUT2D eigenvalue weighted by Crippen LogP contribution is 1.85. The van der Waals surface area contributed by atoms with Gasteiger partial charge in [0, 0.05) is 6.61 Å². The van der Waals surface area contributed by atoms with Crippen LogP contribution in [0.2, 0.25) is 0 Å². The van der Waals surface area contributed by atoms with Gasteiger partial charge in [0.2, 0.25) is 0 Å². The van der Waals surface area contributed by atoms with Crippen molar-refractivity contribution in [1.29, 1.82) is 0 Å². The van der Waals surface area contributed by atoms with Crippen molar-refractivity contribution in [3.63, 3.8) is 0 Å². The predicted molar refractivity (Wildman–Crippen MR) is 34.8 cm³/mol. The minimum Gasteiger partial charge on any atom is -0.366 e. The summed E-state index contributed by atoms with van der Waals surface area (Å²) in [5.74, 6) is 0. The van der Waals surface area contributed by atoms with Gasteiger partial charge in [-0.25, -0.2) is 0 Å². The van der Waals surface area contributed by atoms with Crippen molar-refractivity contribution in [3.05, 3.63) is 0 Å². The van der Waals surface area contributed by atoms with Crippen molar-refractivity contribution in [1.82, 2.24) is 5.32 Å². The topological polar surface area (TPSA) is 21.3 Å². The molecule has 0 unspecified atom stereocenters. The molecule has 0 aromatic rings. The molecule has 0 amide bonds. The fourth-order valence-electron chi connectivity index (χ4n) is 0.421. The molecule has 2 heteroatoms. The Bertz CT molecular complexity index is 33.5. The quantitative estimate of drug-likeness (QED) is 0.428. The van der Waals surface area contributed by atoms with Crippen LogP contribution in [0.5, 0.6) is 0 Å². The SMILES string of the molecule is CCCCOCNC. The number of ether oxygens (including phenoxy) is 1. The molecule has 0 atom stereocenters. The first kappa shape index (κ1) is 7.92. The molecule has 0 spiro atoms. The smallest absolute Gasteiger partial charge is 0.0962 e. The molecule has 1 N–H and O–H groups in total. The first-order valence-electron chi connectivity index (χ1n) is 3.14. The summed E-state index contributed by atoms with van der Waals surface area (Å²) >= 11 is 0. The summed E-state index contributed by atoms with van der Waals surface area (Å²) in [5.41, 5.74) is 0. The van der Waals surface area contributed by atoms with Crippen LogP contribution in [0.15, 0.2) is 0 Å². The van der Waals surface area contributed by atoms with E-state index in [9.17, 15) is 0 Å². The molecule has 0 aliphatic heterocycles. The molecule has 50 valence electrons. The summed E-state index contributed by atoms with van der Waals surface area (Å²) in [7, 11) is 1.88. The molecule has 8 heavy (non-hydrogen) atoms. The summed E-state index contributed by atoms with van der Waals surface area (Å²) in [4.78, 5) is 0. The van der Waals surface area contributed by atoms with E-state index in [0.717, 1.165) is 6.61 Å². The molecule has 0 heterocycles. The molecule has 0 saturated carbocycles. The second kappa shape index (κ2) is 6.92. The molecule has 2 nitrogen and oxygen atoms in total. The van der Waals surface area contributed by atoms with Gasteiger partial charge in [0.15, 0.2) is 0 Å². The lowest BCUT2D eigenvalue weighted by molar-refractivity contribution is 0.119. The van der Waals surface area contributed by atoms with Crippen molar-refractivity contribution in [2.75, 3.05) is 20.4 Å². The van der Waals surface area contributed by atoms with Crippen molar-refractivity contribution >= 4 is 0 Å². The zero-order valence-corrected chi connectivity index (χ0v) is 5.74. The molecular weight excluding hydrogens is 102 g/mol. The van der Waals surface area contributed by atoms with Crippen LogP contribution in [-0.2, 0) is 4.74 Å². The number of rotatable bonds is 5. The van der Waals surface area contributed by atoms with Gasteiger partial charge in [0.1, 0.15) is 0 Å². The van der Waals surface area contributed by atoms with Gasteiger partial charge < -0.3 is 4.74 Å². The second-order valence-corrected chi connectivity index (χ2v) is 1.76. The van der Waals surface area contributed by atoms with Crippen LogP contribution >= 0.6 is 0 Å². The Morgan fingerprint density at radius 1 is 1.50 bits per heavy atom. The van der Waals surface area contributed by atoms with Gasteiger partial charge in [0.05, 0.1) is 6.73 Å². The largest absolute Gasteiger partial charge is 0.366 e. The number of hydrogen-bond acceptors (Lipinski definition) is 2. The van der Waals surface area contributed by atoms with Gasteiger partial charge in [-0.05, 0) is 13.5 Å². The van der Waals surface area contributed by atoms with Gasteiger partial charge in [-0.2, -0.15) is 0 Å². The lowest BCUT2D eigenvalue weighted by atomic mass is 10.4. The van der Waals surface area contributed by atoms with E-state index in [1.807, 2.05) is 7.05 Å². The van der Waals surface area contributed by atoms with Crippen molar-refractivity contribution in [2.45, 2.75) is 19.8 Å². The highest BCUT2D eigenvalue weighted by atomic mass is 16.5. The Hall–Kier alpha value is -0.0800. The normalized spacial score (nSPS) is 9.75. The van der Waals surface area contributed by atoms with Crippen LogP contribution in [-0.4, -0.2) is 20.4 Å². The molecule has 0 aromatic carbocycles. The zero-order chi connectivity index (χ0) is 6.24. The van der Waals surface area contributed by atoms with E-state index in [4.69, 9.17) is 4.74 Å². The van der Waals surface area contributed by atoms with Crippen LogP contribution in [0.1, 0.15) is 19.8 Å². The average Bonchev–Trinajstić information content (AvgIpc) is 1.81. The first-order valence-corrected chi connectivity index (χ1v) is 3.14. The van der Waals surface area contributed by atoms with Gasteiger partial charge in [0.25, 0.3) is 0 Å². The maximum Gasteiger partial charge on any atom is 0.0962 e. The molecular formula is C6H15NO. The van der Waals surface area contributed by atoms with Crippen molar-refractivity contribution < 1.29 is 4.74 Å². The number of nitrogens with one attached hydrogen (secondary N) is 1. The molecule has 0 aliphatic carbocycles. The minimum atomic E-state index is 0.681. The summed E-state index contributed by atoms with van der Waals surface area (Å²) in [5, 5.41) is 2.90. The number of unbranched alkanes of at least 4 members (excludes halogenated alkanes) is 1. The highest BCUT2D eigenvalue weighted by Gasteiger charge is 1.80. The lowest BCUT2D eigenvalue weighted by Crippen LogP contribution is -2.11. The Balaban J connectivity index is 2.53. The van der Waals surface area contributed by atoms with Crippen LogP contribution in [0.3, 0.4) is 0 Å². The van der Waals surface area contributed by atoms with E-state index in [0.29, 0.717) is 6.73 Å². The van der Waals surface area contributed by atoms with Gasteiger partial charge in [-0.3, -0.25) is 5.32 Å². The first-order chi connectivity index (χ1) is 3.91. The molecule has 0 aromatic heterocycles. The fourth-order valence-corrected chi connectivity index (χ4v) is 0.421. The monoisotopic (exact) mass is 117 g/mol. The van der Waals surface area contributed by atoms with E-state index in [1.165, 1.54) is 12.8 Å². The summed E-state index contributed by atoms with van der Waals surface area (Å²) in [6, 6.07) is 0. The summed E-state index contributed by atoms with van der Waals surface area (Å²) in [6.07, 6.45) is 2.38. The summed E-state index contributed by atoms with van der Waals surface area (Å²) < 4.78 is 5.11. The van der Waals surface area contributed by atoms with Crippen LogP contribution in [0.25, 0.3) is 0 Å². The van der Waals surface area contributed by atoms with Crippen LogP contribution in [0.4, 0.5) is 0 Å². The van der Waals surface area contributed by atoms with Gasteiger partial charge in [-0.15, -0.1) is 0 Å². The zero-order valence-electron chi connectivity index (χ0n) is 5.74. The summed E-state index contributed by atoms with van der Waals surface area (Å²) in [6.45, 7) is 3.72. The molecule has 0 fully saturated rings. The van der Waals surface area contributed by atoms with Gasteiger partial charge >= 0.3 is 0 Å². The number of hydrogen-bond donors (Lipinski definition) is 1. The van der Waals surface area contributed by atoms with E-state index < -0.39 is 0 Å². The molecule has 0 rings (SSSR count). The third kappa shape index (κ3) is 5.92. The predicted octanol–water partition coefficient (Wildman–Crippen LogP) is 0.980. The van der Waals surface area contributed by atoms with Crippen molar-refractivity contribution in [3.8, 4) is 0 Å². The van der Waals surface area contributed by atoms with Gasteiger partial charge in [-0.1, -0.05) is 13.3 Å². The molecule has 0 bridgehead atoms. The van der Waals surface area contributed by atoms with E-state index >= 15 is 0 Å². The standard InChI is InChI=1S/C6H15NO/c1-3-4-5-8-6-7-2/h7H,3-6H2,1-2H3. The molecule has 0 saturated heterocycles. The maximum atomic E-state index is 5.11. The third-order valence-corrected chi connectivity index (χ3v) is 0.889. The Morgan fingerprint density at radius 3 is 2.75 bits per heavy atom. The second-order valence-electron chi connectivity index (χ2n) is 1.76. The van der Waals surface area contributed by atoms with E-state index in [2.05, 4.69) is 12.2 Å². The Morgan fingerprint density at radius 2 is 2.25 bits per heavy atom. The Labute approximate surface area is 51.2 Å². The van der Waals surface area contributed by atoms with Crippen molar-refractivity contribution in [2.24, 2.45) is 0 Å². The minimum absolute atomic E-state index is 0.681.